The maximum atomic E-state index is 12.8. The minimum atomic E-state index is -4.39. The lowest BCUT2D eigenvalue weighted by Crippen LogP contribution is -2.37. The molecule has 0 fully saturated rings. The Hall–Kier alpha value is -2.03. The average Bonchev–Trinajstić information content (AvgIpc) is 3.42. The molecule has 80 heavy (non-hydrogen) atoms. The fourth-order valence-electron chi connectivity index (χ4n) is 10.0. The first kappa shape index (κ1) is 78.0. The van der Waals surface area contributed by atoms with E-state index in [2.05, 4.69) is 62.5 Å². The van der Waals surface area contributed by atoms with Gasteiger partial charge in [0.2, 0.25) is 0 Å². The summed E-state index contributed by atoms with van der Waals surface area (Å²) in [5.74, 6) is -0.798. The van der Waals surface area contributed by atoms with Crippen molar-refractivity contribution in [3.8, 4) is 0 Å². The highest BCUT2D eigenvalue weighted by Crippen LogP contribution is 2.43. The fraction of sp³-hybridized carbons (Fsp3) is 0.857. The van der Waals surface area contributed by atoms with E-state index >= 15 is 0 Å². The minimum absolute atomic E-state index is 0.0294. The van der Waals surface area contributed by atoms with Crippen molar-refractivity contribution < 1.29 is 42.1 Å². The van der Waals surface area contributed by atoms with E-state index in [1.165, 1.54) is 231 Å². The van der Waals surface area contributed by atoms with E-state index in [1.807, 2.05) is 21.1 Å². The Morgan fingerprint density at radius 3 is 1.01 bits per heavy atom. The molecule has 0 saturated carbocycles. The number of carbonyl (C=O) groups is 2. The number of hydrogen-bond donors (Lipinski definition) is 1. The van der Waals surface area contributed by atoms with Gasteiger partial charge in [-0.1, -0.05) is 294 Å². The summed E-state index contributed by atoms with van der Waals surface area (Å²) in [6, 6.07) is 0. The molecule has 0 aromatic rings. The molecule has 0 aliphatic heterocycles. The second-order valence-electron chi connectivity index (χ2n) is 24.6. The molecule has 0 aromatic carbocycles. The molecule has 0 radical (unpaired) electrons. The van der Waals surface area contributed by atoms with Crippen LogP contribution < -0.4 is 0 Å². The Labute approximate surface area is 496 Å². The predicted octanol–water partition coefficient (Wildman–Crippen LogP) is 22.1. The van der Waals surface area contributed by atoms with Crippen LogP contribution in [-0.4, -0.2) is 74.9 Å². The minimum Gasteiger partial charge on any atom is -0.462 e. The van der Waals surface area contributed by atoms with Crippen LogP contribution in [0.1, 0.15) is 335 Å². The zero-order valence-electron chi connectivity index (χ0n) is 53.6. The van der Waals surface area contributed by atoms with Crippen LogP contribution in [0.25, 0.3) is 0 Å². The lowest BCUT2D eigenvalue weighted by molar-refractivity contribution is -0.870. The highest BCUT2D eigenvalue weighted by Gasteiger charge is 2.27. The third-order valence-corrected chi connectivity index (χ3v) is 16.3. The fourth-order valence-corrected chi connectivity index (χ4v) is 10.8. The number of esters is 2. The number of rotatable bonds is 64. The molecule has 2 atom stereocenters. The smallest absolute Gasteiger partial charge is 0.462 e. The van der Waals surface area contributed by atoms with E-state index in [4.69, 9.17) is 18.5 Å². The van der Waals surface area contributed by atoms with Gasteiger partial charge in [0, 0.05) is 12.8 Å². The van der Waals surface area contributed by atoms with Gasteiger partial charge in [0.05, 0.1) is 27.7 Å². The first-order chi connectivity index (χ1) is 39.0. The lowest BCUT2D eigenvalue weighted by Gasteiger charge is -2.24. The summed E-state index contributed by atoms with van der Waals surface area (Å²) in [4.78, 5) is 35.8. The molecular weight excluding hydrogens is 1010 g/mol. The molecule has 9 nitrogen and oxygen atoms in total. The summed E-state index contributed by atoms with van der Waals surface area (Å²) < 4.78 is 34.7. The third-order valence-electron chi connectivity index (χ3n) is 15.3. The van der Waals surface area contributed by atoms with Crippen molar-refractivity contribution in [1.29, 1.82) is 0 Å². The SMILES string of the molecule is CCCCCCC/C=C\C/C=C\C/C=C\CCCCCCCCC(=O)OC(COC(=O)CCCCCCCCCCCCCCCCCCCCCCCCC/C=C\CCCCCCCCCC)COP(=O)(O)OCC[N+](C)(C)C. The van der Waals surface area contributed by atoms with Crippen molar-refractivity contribution in [2.75, 3.05) is 47.5 Å². The van der Waals surface area contributed by atoms with Crippen LogP contribution in [0.4, 0.5) is 0 Å². The number of phosphoric acid groups is 1. The molecule has 0 spiro atoms. The van der Waals surface area contributed by atoms with E-state index in [9.17, 15) is 19.0 Å². The molecular formula is C70H133NO8P+. The number of phosphoric ester groups is 1. The van der Waals surface area contributed by atoms with Gasteiger partial charge in [-0.3, -0.25) is 18.6 Å². The highest BCUT2D eigenvalue weighted by atomic mass is 31.2. The van der Waals surface area contributed by atoms with Gasteiger partial charge in [-0.2, -0.15) is 0 Å². The molecule has 0 saturated heterocycles. The highest BCUT2D eigenvalue weighted by molar-refractivity contribution is 7.47. The van der Waals surface area contributed by atoms with E-state index in [-0.39, 0.29) is 32.0 Å². The van der Waals surface area contributed by atoms with Gasteiger partial charge < -0.3 is 18.9 Å². The maximum absolute atomic E-state index is 12.8. The molecule has 0 bridgehead atoms. The first-order valence-corrected chi connectivity index (χ1v) is 35.9. The molecule has 1 N–H and O–H groups in total. The van der Waals surface area contributed by atoms with E-state index in [0.717, 1.165) is 70.6 Å². The summed E-state index contributed by atoms with van der Waals surface area (Å²) >= 11 is 0. The quantitative estimate of drug-likeness (QED) is 0.0211. The van der Waals surface area contributed by atoms with Crippen molar-refractivity contribution in [2.24, 2.45) is 0 Å². The molecule has 0 aliphatic rings. The summed E-state index contributed by atoms with van der Waals surface area (Å²) in [6.07, 6.45) is 79.4. The summed E-state index contributed by atoms with van der Waals surface area (Å²) in [7, 11) is 1.48. The number of ether oxygens (including phenoxy) is 2. The zero-order valence-corrected chi connectivity index (χ0v) is 54.5. The third kappa shape index (κ3) is 65.1. The van der Waals surface area contributed by atoms with Crippen molar-refractivity contribution >= 4 is 19.8 Å². The second kappa shape index (κ2) is 61.5. The number of allylic oxidation sites excluding steroid dienone is 8. The van der Waals surface area contributed by atoms with Crippen molar-refractivity contribution in [1.82, 2.24) is 0 Å². The summed E-state index contributed by atoms with van der Waals surface area (Å²) in [5.41, 5.74) is 0. The first-order valence-electron chi connectivity index (χ1n) is 34.4. The van der Waals surface area contributed by atoms with Gasteiger partial charge in [-0.25, -0.2) is 4.57 Å². The Morgan fingerprint density at radius 1 is 0.388 bits per heavy atom. The molecule has 2 unspecified atom stereocenters. The van der Waals surface area contributed by atoms with Gasteiger partial charge in [0.25, 0.3) is 0 Å². The van der Waals surface area contributed by atoms with E-state index in [1.54, 1.807) is 0 Å². The Bertz CT molecular complexity index is 1490. The second-order valence-corrected chi connectivity index (χ2v) is 26.0. The van der Waals surface area contributed by atoms with Gasteiger partial charge in [0.1, 0.15) is 19.8 Å². The van der Waals surface area contributed by atoms with Crippen molar-refractivity contribution in [3.05, 3.63) is 48.6 Å². The van der Waals surface area contributed by atoms with Crippen LogP contribution in [0.3, 0.4) is 0 Å². The number of likely N-dealkylation sites (N-methyl/N-ethyl adjacent to an activating group) is 1. The predicted molar refractivity (Wildman–Crippen MR) is 344 cm³/mol. The molecule has 0 aliphatic carbocycles. The van der Waals surface area contributed by atoms with Crippen LogP contribution >= 0.6 is 7.82 Å². The molecule has 10 heteroatoms. The Morgan fingerprint density at radius 2 is 0.675 bits per heavy atom. The molecule has 0 heterocycles. The lowest BCUT2D eigenvalue weighted by atomic mass is 10.0. The maximum Gasteiger partial charge on any atom is 0.472 e. The number of hydrogen-bond acceptors (Lipinski definition) is 7. The van der Waals surface area contributed by atoms with Gasteiger partial charge in [0.15, 0.2) is 6.10 Å². The molecule has 0 amide bonds. The largest absolute Gasteiger partial charge is 0.472 e. The summed E-state index contributed by atoms with van der Waals surface area (Å²) in [6.45, 7) is 4.45. The number of unbranched alkanes of at least 4 members (excludes halogenated alkanes) is 42. The van der Waals surface area contributed by atoms with Gasteiger partial charge >= 0.3 is 19.8 Å². The monoisotopic (exact) mass is 1150 g/mol. The van der Waals surface area contributed by atoms with Crippen LogP contribution in [-0.2, 0) is 32.7 Å². The topological polar surface area (TPSA) is 108 Å². The van der Waals surface area contributed by atoms with E-state index in [0.29, 0.717) is 17.4 Å². The van der Waals surface area contributed by atoms with Crippen LogP contribution in [0.5, 0.6) is 0 Å². The Kier molecular flexibility index (Phi) is 60.0. The summed E-state index contributed by atoms with van der Waals surface area (Å²) in [5, 5.41) is 0. The molecule has 0 aromatic heterocycles. The van der Waals surface area contributed by atoms with E-state index < -0.39 is 26.5 Å². The standard InChI is InChI=1S/C70H132NO8P/c1-6-8-10-12-14-16-18-20-22-24-26-28-29-30-31-32-33-34-35-36-37-38-39-40-41-43-44-46-48-50-52-54-56-58-60-62-69(72)76-66-68(67-78-80(74,75)77-65-64-71(3,4)5)79-70(73)63-61-59-57-55-53-51-49-47-45-42-27-25-23-21-19-17-15-13-11-9-7-2/h19,21,24-27,45,47,68H,6-18,20,22-23,28-44,46,48-67H2,1-5H3/p+1/b21-19-,26-24-,27-25-,47-45-. The number of quaternary nitrogens is 1. The van der Waals surface area contributed by atoms with Crippen LogP contribution in [0, 0.1) is 0 Å². The Balaban J connectivity index is 3.98. The van der Waals surface area contributed by atoms with Gasteiger partial charge in [-0.05, 0) is 77.0 Å². The van der Waals surface area contributed by atoms with Gasteiger partial charge in [-0.15, -0.1) is 0 Å². The van der Waals surface area contributed by atoms with Crippen molar-refractivity contribution in [2.45, 2.75) is 341 Å². The van der Waals surface area contributed by atoms with Crippen LogP contribution in [0.2, 0.25) is 0 Å². The normalized spacial score (nSPS) is 13.4. The molecule has 0 rings (SSSR count). The number of carbonyl (C=O) groups excluding carboxylic acids is 2. The van der Waals surface area contributed by atoms with Crippen molar-refractivity contribution in [3.63, 3.8) is 0 Å². The van der Waals surface area contributed by atoms with Crippen LogP contribution in [0.15, 0.2) is 48.6 Å². The zero-order chi connectivity index (χ0) is 58.4. The molecule has 470 valence electrons. The number of nitrogens with zero attached hydrogens (tertiary/aromatic N) is 1. The average molecular weight is 1150 g/mol.